The second-order valence-corrected chi connectivity index (χ2v) is 13.5. The summed E-state index contributed by atoms with van der Waals surface area (Å²) in [6.45, 7) is 0. The number of benzene rings is 8. The summed E-state index contributed by atoms with van der Waals surface area (Å²) in [5.74, 6) is 1.57. The van der Waals surface area contributed by atoms with Crippen molar-refractivity contribution in [2.75, 3.05) is 0 Å². The maximum Gasteiger partial charge on any atom is 0.164 e. The van der Waals surface area contributed by atoms with Gasteiger partial charge in [0.05, 0.1) is 22.0 Å². The number of furan rings is 1. The highest BCUT2D eigenvalue weighted by Crippen LogP contribution is 2.41. The molecular weight excluding hydrogens is 685 g/mol. The minimum Gasteiger partial charge on any atom is -0.455 e. The molecule has 0 aliphatic heterocycles. The third-order valence-electron chi connectivity index (χ3n) is 10.1. The molecule has 8 aromatic carbocycles. The van der Waals surface area contributed by atoms with Gasteiger partial charge in [-0.1, -0.05) is 152 Å². The van der Waals surface area contributed by atoms with Gasteiger partial charge in [0.1, 0.15) is 11.2 Å². The van der Waals surface area contributed by atoms with Gasteiger partial charge in [0, 0.05) is 49.5 Å². The normalized spacial score (nSPS) is 13.6. The van der Waals surface area contributed by atoms with Crippen molar-refractivity contribution in [3.63, 3.8) is 0 Å². The summed E-state index contributed by atoms with van der Waals surface area (Å²) >= 11 is 0. The molecule has 11 rings (SSSR count). The molecule has 3 aromatic heterocycles. The Labute approximate surface area is 334 Å². The van der Waals surface area contributed by atoms with Crippen LogP contribution in [0.5, 0.6) is 0 Å². The van der Waals surface area contributed by atoms with Crippen LogP contribution in [0.4, 0.5) is 0 Å². The monoisotopic (exact) mass is 724 g/mol. The van der Waals surface area contributed by atoms with Gasteiger partial charge in [-0.2, -0.15) is 0 Å². The maximum atomic E-state index is 9.14. The summed E-state index contributed by atoms with van der Waals surface area (Å²) in [5.41, 5.74) is 7.24. The highest BCUT2D eigenvalue weighted by molar-refractivity contribution is 6.11. The van der Waals surface area contributed by atoms with E-state index in [1.54, 1.807) is 4.57 Å². The van der Waals surface area contributed by atoms with E-state index in [2.05, 4.69) is 0 Å². The Morgan fingerprint density at radius 3 is 1.59 bits per heavy atom. The van der Waals surface area contributed by atoms with Crippen molar-refractivity contribution in [2.45, 2.75) is 0 Å². The average Bonchev–Trinajstić information content (AvgIpc) is 3.91. The summed E-state index contributed by atoms with van der Waals surface area (Å²) in [6, 6.07) is 43.3. The molecule has 0 saturated heterocycles. The maximum absolute atomic E-state index is 9.14. The van der Waals surface area contributed by atoms with Crippen molar-refractivity contribution in [3.05, 3.63) is 194 Å². The molecule has 0 saturated carbocycles. The molecule has 0 amide bonds. The van der Waals surface area contributed by atoms with Gasteiger partial charge in [-0.3, -0.25) is 0 Å². The standard InChI is InChI=1S/C51H32N4O/c1-4-15-33(16-5-1)37-29-38(31-39(30-37)55-45-25-12-10-21-41(45)42-22-11-13-26-46(42)55)40-23-14-24-44-43-28-27-36(32-47(43)56-48(40)44)51-53-49(34-17-6-2-7-18-34)52-50(54-51)35-19-8-3-9-20-35/h1-32H/i10D,11D,12D,13D,21D,22D,25D,26D. The molecule has 0 spiro atoms. The summed E-state index contributed by atoms with van der Waals surface area (Å²) in [4.78, 5) is 14.7. The largest absolute Gasteiger partial charge is 0.455 e. The first-order chi connectivity index (χ1) is 31.1. The van der Waals surface area contributed by atoms with Crippen molar-refractivity contribution < 1.29 is 15.4 Å². The van der Waals surface area contributed by atoms with Gasteiger partial charge >= 0.3 is 0 Å². The van der Waals surface area contributed by atoms with Gasteiger partial charge in [-0.25, -0.2) is 15.0 Å². The molecule has 0 radical (unpaired) electrons. The zero-order chi connectivity index (χ0) is 44.0. The van der Waals surface area contributed by atoms with Crippen LogP contribution in [0.2, 0.25) is 0 Å². The number of fused-ring (bicyclic) bond motifs is 6. The van der Waals surface area contributed by atoms with Gasteiger partial charge in [-0.05, 0) is 59.1 Å². The zero-order valence-corrected chi connectivity index (χ0v) is 29.6. The quantitative estimate of drug-likeness (QED) is 0.171. The van der Waals surface area contributed by atoms with Crippen molar-refractivity contribution in [1.82, 2.24) is 19.5 Å². The molecule has 0 unspecified atom stereocenters. The van der Waals surface area contributed by atoms with E-state index in [9.17, 15) is 0 Å². The first kappa shape index (κ1) is 24.6. The van der Waals surface area contributed by atoms with Crippen LogP contribution in [-0.2, 0) is 0 Å². The van der Waals surface area contributed by atoms with Crippen molar-refractivity contribution >= 4 is 43.7 Å². The minimum absolute atomic E-state index is 0.0137. The highest BCUT2D eigenvalue weighted by atomic mass is 16.3. The molecule has 5 heteroatoms. The van der Waals surface area contributed by atoms with E-state index in [1.165, 1.54) is 0 Å². The summed E-state index contributed by atoms with van der Waals surface area (Å²) in [6.07, 6.45) is 0. The molecule has 56 heavy (non-hydrogen) atoms. The molecule has 3 heterocycles. The molecule has 0 bridgehead atoms. The number of aromatic nitrogens is 4. The Balaban J connectivity index is 1.15. The Hall–Kier alpha value is -7.63. The van der Waals surface area contributed by atoms with Crippen LogP contribution in [0.15, 0.2) is 198 Å². The van der Waals surface area contributed by atoms with Crippen LogP contribution in [0.25, 0.3) is 106 Å². The van der Waals surface area contributed by atoms with Gasteiger partial charge in [0.2, 0.25) is 0 Å². The fourth-order valence-corrected chi connectivity index (χ4v) is 7.47. The number of para-hydroxylation sites is 3. The van der Waals surface area contributed by atoms with Gasteiger partial charge in [0.15, 0.2) is 17.5 Å². The lowest BCUT2D eigenvalue weighted by atomic mass is 9.96. The number of hydrogen-bond donors (Lipinski definition) is 0. The van der Waals surface area contributed by atoms with E-state index >= 15 is 0 Å². The van der Waals surface area contributed by atoms with Gasteiger partial charge in [0.25, 0.3) is 0 Å². The summed E-state index contributed by atoms with van der Waals surface area (Å²) in [7, 11) is 0. The fraction of sp³-hybridized carbons (Fsp3) is 0. The van der Waals surface area contributed by atoms with Crippen LogP contribution in [0.3, 0.4) is 0 Å². The molecule has 5 nitrogen and oxygen atoms in total. The van der Waals surface area contributed by atoms with E-state index in [4.69, 9.17) is 30.3 Å². The van der Waals surface area contributed by atoms with Gasteiger partial charge in [-0.15, -0.1) is 0 Å². The zero-order valence-electron chi connectivity index (χ0n) is 37.6. The van der Waals surface area contributed by atoms with E-state index in [0.717, 1.165) is 44.2 Å². The molecule has 0 aliphatic rings. The Morgan fingerprint density at radius 2 is 0.964 bits per heavy atom. The fourth-order valence-electron chi connectivity index (χ4n) is 7.47. The molecule has 262 valence electrons. The third kappa shape index (κ3) is 5.37. The number of hydrogen-bond acceptors (Lipinski definition) is 4. The molecular formula is C51H32N4O. The lowest BCUT2D eigenvalue weighted by Gasteiger charge is -2.14. The molecule has 0 N–H and O–H groups in total. The topological polar surface area (TPSA) is 56.7 Å². The average molecular weight is 725 g/mol. The molecule has 0 atom stereocenters. The second kappa shape index (κ2) is 13.0. The molecule has 11 aromatic rings. The Morgan fingerprint density at radius 1 is 0.411 bits per heavy atom. The summed E-state index contributed by atoms with van der Waals surface area (Å²) in [5, 5.41) is 1.76. The highest BCUT2D eigenvalue weighted by Gasteiger charge is 2.19. The van der Waals surface area contributed by atoms with Crippen LogP contribution >= 0.6 is 0 Å². The Kier molecular flexibility index (Phi) is 5.74. The minimum atomic E-state index is -0.494. The predicted octanol–water partition coefficient (Wildman–Crippen LogP) is 13.2. The first-order valence-corrected chi connectivity index (χ1v) is 18.1. The SMILES string of the molecule is [2H]c1c([2H])c([2H])c2c(c1[2H])c1c([2H])c([2H])c([2H])c([2H])c1n2-c1cc(-c2ccccc2)cc(-c2cccc3c2oc2cc(-c4nc(-c5ccccc5)nc(-c5ccccc5)n4)ccc23)c1. The van der Waals surface area contributed by atoms with E-state index in [-0.39, 0.29) is 46.0 Å². The van der Waals surface area contributed by atoms with Crippen LogP contribution in [-0.4, -0.2) is 19.5 Å². The second-order valence-electron chi connectivity index (χ2n) is 13.5. The molecule has 0 fully saturated rings. The van der Waals surface area contributed by atoms with E-state index in [1.807, 2.05) is 146 Å². The van der Waals surface area contributed by atoms with Crippen molar-refractivity contribution in [3.8, 4) is 62.1 Å². The number of nitrogens with zero attached hydrogens (tertiary/aromatic N) is 4. The summed E-state index contributed by atoms with van der Waals surface area (Å²) < 4.78 is 78.9. The van der Waals surface area contributed by atoms with Crippen LogP contribution in [0, 0.1) is 0 Å². The lowest BCUT2D eigenvalue weighted by molar-refractivity contribution is 0.670. The van der Waals surface area contributed by atoms with Crippen molar-refractivity contribution in [1.29, 1.82) is 0 Å². The third-order valence-corrected chi connectivity index (χ3v) is 10.1. The first-order valence-electron chi connectivity index (χ1n) is 22.1. The lowest BCUT2D eigenvalue weighted by Crippen LogP contribution is -2.00. The number of rotatable bonds is 6. The smallest absolute Gasteiger partial charge is 0.164 e. The predicted molar refractivity (Wildman–Crippen MR) is 229 cm³/mol. The Bertz CT molecular complexity index is 3570. The van der Waals surface area contributed by atoms with Crippen molar-refractivity contribution in [2.24, 2.45) is 0 Å². The van der Waals surface area contributed by atoms with Crippen LogP contribution in [0.1, 0.15) is 11.0 Å². The van der Waals surface area contributed by atoms with Gasteiger partial charge < -0.3 is 8.98 Å². The van der Waals surface area contributed by atoms with Crippen LogP contribution < -0.4 is 0 Å². The van der Waals surface area contributed by atoms with E-state index < -0.39 is 24.2 Å². The molecule has 0 aliphatic carbocycles. The van der Waals surface area contributed by atoms with E-state index in [0.29, 0.717) is 39.9 Å².